The molecular formula is C27H25Cl2N7S. The molecule has 1 fully saturated rings. The maximum Gasteiger partial charge on any atom is 0.170 e. The minimum atomic E-state index is -0.297. The van der Waals surface area contributed by atoms with Crippen molar-refractivity contribution in [3.63, 3.8) is 0 Å². The Morgan fingerprint density at radius 2 is 1.84 bits per heavy atom. The van der Waals surface area contributed by atoms with E-state index >= 15 is 0 Å². The van der Waals surface area contributed by atoms with Crippen LogP contribution in [0.1, 0.15) is 16.7 Å². The first-order chi connectivity index (χ1) is 17.9. The van der Waals surface area contributed by atoms with E-state index in [0.717, 1.165) is 41.4 Å². The van der Waals surface area contributed by atoms with Crippen LogP contribution in [0.5, 0.6) is 0 Å². The third-order valence-electron chi connectivity index (χ3n) is 6.55. The van der Waals surface area contributed by atoms with Crippen molar-refractivity contribution < 1.29 is 0 Å². The molecule has 10 heteroatoms. The Hall–Kier alpha value is -3.38. The number of rotatable bonds is 3. The molecule has 188 valence electrons. The molecule has 7 nitrogen and oxygen atoms in total. The van der Waals surface area contributed by atoms with Gasteiger partial charge in [0.25, 0.3) is 0 Å². The third kappa shape index (κ3) is 5.35. The van der Waals surface area contributed by atoms with Gasteiger partial charge in [0, 0.05) is 66.3 Å². The molecule has 0 radical (unpaired) electrons. The minimum Gasteiger partial charge on any atom is -0.370 e. The van der Waals surface area contributed by atoms with Gasteiger partial charge in [-0.1, -0.05) is 41.4 Å². The summed E-state index contributed by atoms with van der Waals surface area (Å²) in [5.41, 5.74) is 4.15. The smallest absolute Gasteiger partial charge is 0.170 e. The Labute approximate surface area is 231 Å². The van der Waals surface area contributed by atoms with Crippen molar-refractivity contribution >= 4 is 57.7 Å². The summed E-state index contributed by atoms with van der Waals surface area (Å²) in [5, 5.41) is 14.8. The molecule has 2 aliphatic rings. The van der Waals surface area contributed by atoms with Gasteiger partial charge >= 0.3 is 0 Å². The van der Waals surface area contributed by atoms with Crippen LogP contribution in [0.15, 0.2) is 65.8 Å². The van der Waals surface area contributed by atoms with E-state index in [1.54, 1.807) is 18.3 Å². The number of halogens is 2. The summed E-state index contributed by atoms with van der Waals surface area (Å²) < 4.78 is 0. The number of likely N-dealkylation sites (N-methyl/N-ethyl adjacent to an activating group) is 1. The molecule has 1 aromatic heterocycles. The summed E-state index contributed by atoms with van der Waals surface area (Å²) >= 11 is 18.8. The number of fused-ring (bicyclic) bond motifs is 1. The molecule has 2 aromatic carbocycles. The zero-order valence-corrected chi connectivity index (χ0v) is 22.6. The Balaban J connectivity index is 1.36. The molecule has 5 rings (SSSR count). The van der Waals surface area contributed by atoms with Gasteiger partial charge in [-0.25, -0.2) is 4.98 Å². The summed E-state index contributed by atoms with van der Waals surface area (Å²) in [7, 11) is 2.04. The van der Waals surface area contributed by atoms with Crippen molar-refractivity contribution in [2.75, 3.05) is 49.6 Å². The zero-order valence-electron chi connectivity index (χ0n) is 20.2. The fourth-order valence-corrected chi connectivity index (χ4v) is 5.41. The van der Waals surface area contributed by atoms with Crippen molar-refractivity contribution in [1.82, 2.24) is 15.2 Å². The van der Waals surface area contributed by atoms with E-state index in [-0.39, 0.29) is 6.17 Å². The van der Waals surface area contributed by atoms with Gasteiger partial charge < -0.3 is 20.0 Å². The molecule has 0 saturated carbocycles. The molecule has 2 aliphatic heterocycles. The molecule has 0 spiro atoms. The van der Waals surface area contributed by atoms with E-state index in [4.69, 9.17) is 40.4 Å². The summed E-state index contributed by atoms with van der Waals surface area (Å²) in [6.07, 6.45) is 1.42. The first kappa shape index (κ1) is 25.3. The number of piperazine rings is 1. The van der Waals surface area contributed by atoms with Gasteiger partial charge in [-0.3, -0.25) is 4.99 Å². The summed E-state index contributed by atoms with van der Waals surface area (Å²) in [5.74, 6) is 0.722. The van der Waals surface area contributed by atoms with E-state index in [1.807, 2.05) is 49.5 Å². The highest BCUT2D eigenvalue weighted by Crippen LogP contribution is 2.31. The molecular weight excluding hydrogens is 525 g/mol. The van der Waals surface area contributed by atoms with Gasteiger partial charge in [0.15, 0.2) is 5.11 Å². The Morgan fingerprint density at radius 3 is 2.59 bits per heavy atom. The lowest BCUT2D eigenvalue weighted by atomic mass is 10.0. The first-order valence-corrected chi connectivity index (χ1v) is 13.1. The second-order valence-corrected chi connectivity index (χ2v) is 10.2. The number of pyridine rings is 1. The highest BCUT2D eigenvalue weighted by atomic mass is 35.5. The molecule has 0 bridgehead atoms. The van der Waals surface area contributed by atoms with Gasteiger partial charge in [0.1, 0.15) is 18.1 Å². The van der Waals surface area contributed by atoms with Crippen LogP contribution in [0.3, 0.4) is 0 Å². The number of aliphatic imine (C=N–C) groups is 1. The van der Waals surface area contributed by atoms with Crippen LogP contribution in [0, 0.1) is 11.3 Å². The van der Waals surface area contributed by atoms with Crippen molar-refractivity contribution in [2.24, 2.45) is 4.99 Å². The van der Waals surface area contributed by atoms with Crippen LogP contribution >= 0.6 is 35.4 Å². The zero-order chi connectivity index (χ0) is 25.9. The van der Waals surface area contributed by atoms with Crippen molar-refractivity contribution in [2.45, 2.75) is 6.17 Å². The van der Waals surface area contributed by atoms with Crippen LogP contribution in [0.4, 0.5) is 11.5 Å². The quantitative estimate of drug-likeness (QED) is 0.479. The average Bonchev–Trinajstić information content (AvgIpc) is 3.04. The number of nitrogens with one attached hydrogen (secondary N) is 1. The van der Waals surface area contributed by atoms with E-state index in [1.165, 1.54) is 0 Å². The topological polar surface area (TPSA) is 70.8 Å². The summed E-state index contributed by atoms with van der Waals surface area (Å²) in [6, 6.07) is 19.3. The number of benzene rings is 2. The van der Waals surface area contributed by atoms with Crippen LogP contribution in [-0.2, 0) is 0 Å². The SMILES string of the molecule is CN1CC(NC(=S)N2CCN(c3ncccc3C#N)CC2)N=C(c2ccccc2Cl)c2cc(Cl)ccc21. The second-order valence-electron chi connectivity index (χ2n) is 8.93. The predicted octanol–water partition coefficient (Wildman–Crippen LogP) is 4.57. The van der Waals surface area contributed by atoms with Crippen molar-refractivity contribution in [1.29, 1.82) is 5.26 Å². The lowest BCUT2D eigenvalue weighted by Crippen LogP contribution is -2.54. The first-order valence-electron chi connectivity index (χ1n) is 11.9. The lowest BCUT2D eigenvalue weighted by Gasteiger charge is -2.37. The Bertz CT molecular complexity index is 1400. The molecule has 0 aliphatic carbocycles. The number of benzodiazepines with no additional fused rings is 1. The molecule has 1 N–H and O–H groups in total. The van der Waals surface area contributed by atoms with Gasteiger partial charge in [-0.05, 0) is 48.6 Å². The maximum absolute atomic E-state index is 9.43. The standard InChI is InChI=1S/C27H25Cl2N7S/c1-34-17-24(32-25(20-6-2-3-7-22(20)29)21-15-19(28)8-9-23(21)34)33-27(37)36-13-11-35(12-14-36)26-18(16-30)5-4-10-31-26/h2-10,15,24H,11-14,17H2,1H3,(H,33,37). The molecule has 0 amide bonds. The monoisotopic (exact) mass is 549 g/mol. The van der Waals surface area contributed by atoms with Gasteiger partial charge in [0.2, 0.25) is 0 Å². The third-order valence-corrected chi connectivity index (χ3v) is 7.49. The van der Waals surface area contributed by atoms with Crippen molar-refractivity contribution in [3.8, 4) is 6.07 Å². The molecule has 1 atom stereocenters. The van der Waals surface area contributed by atoms with Gasteiger partial charge in [0.05, 0.1) is 17.8 Å². The van der Waals surface area contributed by atoms with E-state index in [9.17, 15) is 5.26 Å². The average molecular weight is 551 g/mol. The van der Waals surface area contributed by atoms with Crippen molar-refractivity contribution in [3.05, 3.63) is 87.5 Å². The van der Waals surface area contributed by atoms with Gasteiger partial charge in [-0.15, -0.1) is 0 Å². The largest absolute Gasteiger partial charge is 0.370 e. The predicted molar refractivity (Wildman–Crippen MR) is 154 cm³/mol. The summed E-state index contributed by atoms with van der Waals surface area (Å²) in [4.78, 5) is 16.0. The molecule has 3 heterocycles. The summed E-state index contributed by atoms with van der Waals surface area (Å²) in [6.45, 7) is 3.48. The number of thiocarbonyl (C=S) groups is 1. The minimum absolute atomic E-state index is 0.297. The van der Waals surface area contributed by atoms with Gasteiger partial charge in [-0.2, -0.15) is 5.26 Å². The van der Waals surface area contributed by atoms with E-state index < -0.39 is 0 Å². The number of hydrogen-bond acceptors (Lipinski definition) is 6. The van der Waals surface area contributed by atoms with Crippen LogP contribution in [0.2, 0.25) is 10.0 Å². The Kier molecular flexibility index (Phi) is 7.47. The Morgan fingerprint density at radius 1 is 1.05 bits per heavy atom. The maximum atomic E-state index is 9.43. The number of anilines is 2. The molecule has 1 unspecified atom stereocenters. The fraction of sp³-hybridized carbons (Fsp3) is 0.259. The highest BCUT2D eigenvalue weighted by Gasteiger charge is 2.27. The highest BCUT2D eigenvalue weighted by molar-refractivity contribution is 7.80. The number of aromatic nitrogens is 1. The number of hydrogen-bond donors (Lipinski definition) is 1. The normalized spacial score (nSPS) is 17.4. The van der Waals surface area contributed by atoms with Crippen LogP contribution in [-0.4, -0.2) is 66.6 Å². The molecule has 37 heavy (non-hydrogen) atoms. The van der Waals surface area contributed by atoms with Crippen LogP contribution < -0.4 is 15.1 Å². The van der Waals surface area contributed by atoms with Crippen LogP contribution in [0.25, 0.3) is 0 Å². The number of nitrogens with zero attached hydrogens (tertiary/aromatic N) is 6. The molecule has 3 aromatic rings. The lowest BCUT2D eigenvalue weighted by molar-refractivity contribution is 0.374. The second kappa shape index (κ2) is 10.9. The van der Waals surface area contributed by atoms with E-state index in [2.05, 4.69) is 31.1 Å². The molecule has 1 saturated heterocycles. The number of nitriles is 1. The van der Waals surface area contributed by atoms with E-state index in [0.29, 0.717) is 40.4 Å². The fourth-order valence-electron chi connectivity index (χ4n) is 4.69.